The van der Waals surface area contributed by atoms with Crippen molar-refractivity contribution in [2.45, 2.75) is 31.7 Å². The van der Waals surface area contributed by atoms with E-state index in [4.69, 9.17) is 0 Å². The van der Waals surface area contributed by atoms with Gasteiger partial charge < -0.3 is 14.8 Å². The molecule has 2 aromatic rings. The summed E-state index contributed by atoms with van der Waals surface area (Å²) in [6.07, 6.45) is 8.42. The Bertz CT molecular complexity index is 514. The fourth-order valence-corrected chi connectivity index (χ4v) is 2.53. The second-order valence-corrected chi connectivity index (χ2v) is 4.67. The molecule has 1 unspecified atom stereocenters. The van der Waals surface area contributed by atoms with Crippen molar-refractivity contribution in [3.63, 3.8) is 0 Å². The van der Waals surface area contributed by atoms with Crippen molar-refractivity contribution in [3.05, 3.63) is 30.4 Å². The summed E-state index contributed by atoms with van der Waals surface area (Å²) in [4.78, 5) is 4.41. The van der Waals surface area contributed by atoms with E-state index in [9.17, 15) is 5.11 Å². The third-order valence-electron chi connectivity index (χ3n) is 3.47. The average Bonchev–Trinajstić information content (AvgIpc) is 2.76. The topological polar surface area (TPSA) is 49.6 Å². The van der Waals surface area contributed by atoms with Crippen LogP contribution in [0.3, 0.4) is 0 Å². The highest BCUT2D eigenvalue weighted by molar-refractivity contribution is 5.58. The lowest BCUT2D eigenvalue weighted by Crippen LogP contribution is -2.36. The number of aromatic hydroxyl groups is 1. The number of pyridine rings is 1. The van der Waals surface area contributed by atoms with Gasteiger partial charge in [-0.3, -0.25) is 0 Å². The zero-order valence-corrected chi connectivity index (χ0v) is 9.76. The Balaban J connectivity index is 1.87. The van der Waals surface area contributed by atoms with Gasteiger partial charge in [-0.2, -0.15) is 0 Å². The molecule has 1 atom stereocenters. The molecule has 4 nitrogen and oxygen atoms in total. The molecule has 0 aromatic carbocycles. The van der Waals surface area contributed by atoms with Crippen LogP contribution in [0.15, 0.2) is 24.5 Å². The molecule has 4 heteroatoms. The van der Waals surface area contributed by atoms with Crippen LogP contribution in [0.4, 0.5) is 0 Å². The van der Waals surface area contributed by atoms with Crippen LogP contribution in [0.1, 0.15) is 25.1 Å². The summed E-state index contributed by atoms with van der Waals surface area (Å²) < 4.78 is 1.98. The predicted octanol–water partition coefficient (Wildman–Crippen LogP) is 1.72. The third-order valence-corrected chi connectivity index (χ3v) is 3.47. The minimum Gasteiger partial charge on any atom is -0.506 e. The minimum atomic E-state index is 0.294. The number of hydrogen-bond acceptors (Lipinski definition) is 3. The van der Waals surface area contributed by atoms with Gasteiger partial charge in [-0.15, -0.1) is 0 Å². The molecule has 2 N–H and O–H groups in total. The molecule has 1 aliphatic rings. The van der Waals surface area contributed by atoms with Gasteiger partial charge in [0, 0.05) is 18.7 Å². The Morgan fingerprint density at radius 2 is 2.41 bits per heavy atom. The lowest BCUT2D eigenvalue weighted by Gasteiger charge is -2.22. The van der Waals surface area contributed by atoms with Crippen molar-refractivity contribution in [1.29, 1.82) is 0 Å². The molecular weight excluding hydrogens is 214 g/mol. The summed E-state index contributed by atoms with van der Waals surface area (Å²) in [6, 6.07) is 4.07. The molecule has 3 heterocycles. The van der Waals surface area contributed by atoms with Gasteiger partial charge in [0.05, 0.1) is 6.20 Å². The first-order valence-electron chi connectivity index (χ1n) is 6.22. The Hall–Kier alpha value is -1.55. The van der Waals surface area contributed by atoms with Gasteiger partial charge >= 0.3 is 0 Å². The molecule has 1 aliphatic heterocycles. The number of nitrogens with zero attached hydrogens (tertiary/aromatic N) is 2. The minimum absolute atomic E-state index is 0.294. The molecule has 90 valence electrons. The fraction of sp³-hybridized carbons (Fsp3) is 0.462. The summed E-state index contributed by atoms with van der Waals surface area (Å²) in [7, 11) is 0. The second-order valence-electron chi connectivity index (χ2n) is 4.67. The zero-order valence-electron chi connectivity index (χ0n) is 9.76. The lowest BCUT2D eigenvalue weighted by atomic mass is 10.0. The van der Waals surface area contributed by atoms with E-state index < -0.39 is 0 Å². The van der Waals surface area contributed by atoms with Gasteiger partial charge in [0.25, 0.3) is 0 Å². The number of aromatic nitrogens is 2. The van der Waals surface area contributed by atoms with Crippen molar-refractivity contribution in [2.24, 2.45) is 0 Å². The second kappa shape index (κ2) is 4.37. The highest BCUT2D eigenvalue weighted by Crippen LogP contribution is 2.20. The van der Waals surface area contributed by atoms with Crippen LogP contribution in [-0.4, -0.2) is 27.1 Å². The van der Waals surface area contributed by atoms with Gasteiger partial charge in [-0.05, 0) is 31.5 Å². The van der Waals surface area contributed by atoms with Gasteiger partial charge in [0.15, 0.2) is 0 Å². The highest BCUT2D eigenvalue weighted by atomic mass is 16.3. The average molecular weight is 231 g/mol. The Morgan fingerprint density at radius 1 is 1.47 bits per heavy atom. The summed E-state index contributed by atoms with van der Waals surface area (Å²) in [5, 5.41) is 13.2. The van der Waals surface area contributed by atoms with E-state index >= 15 is 0 Å². The maximum absolute atomic E-state index is 9.71. The van der Waals surface area contributed by atoms with Gasteiger partial charge in [-0.1, -0.05) is 6.42 Å². The third kappa shape index (κ3) is 2.00. The first-order chi connectivity index (χ1) is 8.34. The fourth-order valence-electron chi connectivity index (χ4n) is 2.53. The number of imidazole rings is 1. The molecule has 0 saturated carbocycles. The highest BCUT2D eigenvalue weighted by Gasteiger charge is 2.16. The number of piperidine rings is 1. The van der Waals surface area contributed by atoms with Crippen LogP contribution < -0.4 is 5.32 Å². The standard InChI is InChI=1S/C13H17N3O/c17-12-5-3-7-16-11(12)9-15-13(16)8-10-4-1-2-6-14-10/h3,5,7,9-10,14,17H,1-2,4,6,8H2. The Kier molecular flexibility index (Phi) is 2.73. The van der Waals surface area contributed by atoms with Crippen LogP contribution in [0, 0.1) is 0 Å². The van der Waals surface area contributed by atoms with Gasteiger partial charge in [0.1, 0.15) is 17.1 Å². The van der Waals surface area contributed by atoms with Crippen molar-refractivity contribution < 1.29 is 5.11 Å². The molecule has 0 aliphatic carbocycles. The van der Waals surface area contributed by atoms with Crippen LogP contribution in [0.5, 0.6) is 5.75 Å². The Morgan fingerprint density at radius 3 is 3.24 bits per heavy atom. The number of hydrogen-bond donors (Lipinski definition) is 2. The number of fused-ring (bicyclic) bond motifs is 1. The van der Waals surface area contributed by atoms with Crippen molar-refractivity contribution >= 4 is 5.52 Å². The summed E-state index contributed by atoms with van der Waals surface area (Å²) in [5.74, 6) is 1.32. The van der Waals surface area contributed by atoms with Crippen LogP contribution >= 0.6 is 0 Å². The van der Waals surface area contributed by atoms with Crippen LogP contribution in [-0.2, 0) is 6.42 Å². The smallest absolute Gasteiger partial charge is 0.141 e. The molecular formula is C13H17N3O. The normalized spacial score (nSPS) is 20.8. The van der Waals surface area contributed by atoms with E-state index in [1.54, 1.807) is 12.3 Å². The van der Waals surface area contributed by atoms with E-state index in [0.29, 0.717) is 11.8 Å². The molecule has 0 amide bonds. The molecule has 0 radical (unpaired) electrons. The SMILES string of the molecule is Oc1cccn2c(CC3CCCCN3)ncc12. The summed E-state index contributed by atoms with van der Waals surface area (Å²) in [5.41, 5.74) is 0.790. The molecule has 1 fully saturated rings. The van der Waals surface area contributed by atoms with Crippen molar-refractivity contribution in [3.8, 4) is 5.75 Å². The first kappa shape index (κ1) is 10.6. The van der Waals surface area contributed by atoms with E-state index in [1.165, 1.54) is 19.3 Å². The quantitative estimate of drug-likeness (QED) is 0.827. The molecule has 1 saturated heterocycles. The first-order valence-corrected chi connectivity index (χ1v) is 6.22. The number of nitrogens with one attached hydrogen (secondary N) is 1. The molecule has 17 heavy (non-hydrogen) atoms. The van der Waals surface area contributed by atoms with E-state index in [0.717, 1.165) is 24.3 Å². The van der Waals surface area contributed by atoms with E-state index in [2.05, 4.69) is 10.3 Å². The Labute approximate surface area is 100 Å². The molecule has 2 aromatic heterocycles. The van der Waals surface area contributed by atoms with Crippen molar-refractivity contribution in [2.75, 3.05) is 6.54 Å². The van der Waals surface area contributed by atoms with Crippen molar-refractivity contribution in [1.82, 2.24) is 14.7 Å². The van der Waals surface area contributed by atoms with Gasteiger partial charge in [-0.25, -0.2) is 4.98 Å². The van der Waals surface area contributed by atoms with Crippen LogP contribution in [0.2, 0.25) is 0 Å². The maximum Gasteiger partial charge on any atom is 0.141 e. The van der Waals surface area contributed by atoms with E-state index in [-0.39, 0.29) is 0 Å². The number of rotatable bonds is 2. The van der Waals surface area contributed by atoms with Gasteiger partial charge in [0.2, 0.25) is 0 Å². The monoisotopic (exact) mass is 231 g/mol. The lowest BCUT2D eigenvalue weighted by molar-refractivity contribution is 0.394. The predicted molar refractivity (Wildman–Crippen MR) is 66.2 cm³/mol. The maximum atomic E-state index is 9.71. The van der Waals surface area contributed by atoms with Crippen LogP contribution in [0.25, 0.3) is 5.52 Å². The summed E-state index contributed by atoms with van der Waals surface area (Å²) >= 11 is 0. The molecule has 0 bridgehead atoms. The largest absolute Gasteiger partial charge is 0.506 e. The van der Waals surface area contributed by atoms with E-state index in [1.807, 2.05) is 16.7 Å². The molecule has 0 spiro atoms. The molecule has 3 rings (SSSR count). The summed E-state index contributed by atoms with van der Waals surface area (Å²) in [6.45, 7) is 1.11. The zero-order chi connectivity index (χ0) is 11.7.